The highest BCUT2D eigenvalue weighted by atomic mass is 16.6. The van der Waals surface area contributed by atoms with Crippen LogP contribution in [0.25, 0.3) is 0 Å². The summed E-state index contributed by atoms with van der Waals surface area (Å²) in [6.07, 6.45) is 3.26. The van der Waals surface area contributed by atoms with Gasteiger partial charge < -0.3 is 10.5 Å². The molecular formula is C13H18N2O3. The molecule has 18 heavy (non-hydrogen) atoms. The first-order valence-electron chi connectivity index (χ1n) is 6.23. The van der Waals surface area contributed by atoms with E-state index in [-0.39, 0.29) is 11.8 Å². The van der Waals surface area contributed by atoms with Gasteiger partial charge in [0, 0.05) is 12.0 Å². The summed E-state index contributed by atoms with van der Waals surface area (Å²) in [7, 11) is 0. The lowest BCUT2D eigenvalue weighted by Gasteiger charge is -2.20. The molecule has 0 radical (unpaired) electrons. The van der Waals surface area contributed by atoms with Crippen LogP contribution in [0.4, 0.5) is 5.69 Å². The predicted octanol–water partition coefficient (Wildman–Crippen LogP) is 2.41. The minimum atomic E-state index is -0.394. The van der Waals surface area contributed by atoms with Crippen molar-refractivity contribution in [2.75, 3.05) is 6.54 Å². The molecule has 1 aromatic rings. The lowest BCUT2D eigenvalue weighted by Crippen LogP contribution is -2.27. The van der Waals surface area contributed by atoms with Gasteiger partial charge in [0.05, 0.1) is 11.0 Å². The van der Waals surface area contributed by atoms with Crippen LogP contribution in [0.3, 0.4) is 0 Å². The van der Waals surface area contributed by atoms with Crippen molar-refractivity contribution in [1.82, 2.24) is 0 Å². The number of ether oxygens (including phenoxy) is 1. The summed E-state index contributed by atoms with van der Waals surface area (Å²) in [6, 6.07) is 4.86. The molecule has 0 spiro atoms. The van der Waals surface area contributed by atoms with Gasteiger partial charge in [-0.25, -0.2) is 0 Å². The number of nitro groups is 1. The number of benzene rings is 1. The molecule has 0 aromatic heterocycles. The lowest BCUT2D eigenvalue weighted by atomic mass is 10.1. The van der Waals surface area contributed by atoms with Crippen molar-refractivity contribution < 1.29 is 9.66 Å². The maximum atomic E-state index is 10.8. The highest BCUT2D eigenvalue weighted by Crippen LogP contribution is 2.31. The highest BCUT2D eigenvalue weighted by molar-refractivity contribution is 5.42. The lowest BCUT2D eigenvalue weighted by molar-refractivity contribution is -0.385. The smallest absolute Gasteiger partial charge is 0.273 e. The average molecular weight is 250 g/mol. The molecule has 2 N–H and O–H groups in total. The number of nitrogens with zero attached hydrogens (tertiary/aromatic N) is 1. The Morgan fingerprint density at radius 1 is 1.44 bits per heavy atom. The SMILES string of the molecule is Cc1cc(OC2CCCC2CN)cc([N+](=O)[O-])c1. The molecule has 5 nitrogen and oxygen atoms in total. The molecule has 0 aliphatic heterocycles. The summed E-state index contributed by atoms with van der Waals surface area (Å²) < 4.78 is 5.87. The standard InChI is InChI=1S/C13H18N2O3/c1-9-5-11(15(16)17)7-12(6-9)18-13-4-2-3-10(13)8-14/h5-7,10,13H,2-4,8,14H2,1H3. The number of rotatable bonds is 4. The van der Waals surface area contributed by atoms with Crippen molar-refractivity contribution in [3.8, 4) is 5.75 Å². The zero-order chi connectivity index (χ0) is 13.1. The first-order chi connectivity index (χ1) is 8.60. The van der Waals surface area contributed by atoms with E-state index in [0.717, 1.165) is 24.8 Å². The van der Waals surface area contributed by atoms with Gasteiger partial charge in [-0.1, -0.05) is 0 Å². The second-order valence-corrected chi connectivity index (χ2v) is 4.84. The molecule has 2 rings (SSSR count). The van der Waals surface area contributed by atoms with Gasteiger partial charge in [0.2, 0.25) is 0 Å². The quantitative estimate of drug-likeness (QED) is 0.657. The fourth-order valence-corrected chi connectivity index (χ4v) is 2.50. The zero-order valence-electron chi connectivity index (χ0n) is 10.5. The van der Waals surface area contributed by atoms with E-state index >= 15 is 0 Å². The monoisotopic (exact) mass is 250 g/mol. The van der Waals surface area contributed by atoms with E-state index < -0.39 is 4.92 Å². The molecule has 5 heteroatoms. The topological polar surface area (TPSA) is 78.4 Å². The Morgan fingerprint density at radius 2 is 2.22 bits per heavy atom. The molecule has 98 valence electrons. The van der Waals surface area contributed by atoms with Gasteiger partial charge >= 0.3 is 0 Å². The molecule has 1 fully saturated rings. The first kappa shape index (κ1) is 12.8. The van der Waals surface area contributed by atoms with Crippen molar-refractivity contribution in [3.63, 3.8) is 0 Å². The Labute approximate surface area is 106 Å². The van der Waals surface area contributed by atoms with E-state index in [0.29, 0.717) is 18.2 Å². The van der Waals surface area contributed by atoms with Crippen molar-refractivity contribution >= 4 is 5.69 Å². The Balaban J connectivity index is 2.16. The van der Waals surface area contributed by atoms with Gasteiger partial charge in [0.1, 0.15) is 11.9 Å². The van der Waals surface area contributed by atoms with Crippen molar-refractivity contribution in [3.05, 3.63) is 33.9 Å². The van der Waals surface area contributed by atoms with E-state index in [1.165, 1.54) is 6.07 Å². The van der Waals surface area contributed by atoms with Crippen LogP contribution >= 0.6 is 0 Å². The molecule has 2 unspecified atom stereocenters. The summed E-state index contributed by atoms with van der Waals surface area (Å²) in [5.74, 6) is 0.941. The van der Waals surface area contributed by atoms with Crippen LogP contribution in [0.15, 0.2) is 18.2 Å². The van der Waals surface area contributed by atoms with Crippen LogP contribution < -0.4 is 10.5 Å². The van der Waals surface area contributed by atoms with Crippen molar-refractivity contribution in [2.24, 2.45) is 11.7 Å². The third-order valence-corrected chi connectivity index (χ3v) is 3.43. The Kier molecular flexibility index (Phi) is 3.81. The summed E-state index contributed by atoms with van der Waals surface area (Å²) in [5.41, 5.74) is 6.61. The second kappa shape index (κ2) is 5.35. The molecule has 1 aliphatic rings. The normalized spacial score (nSPS) is 23.0. The molecular weight excluding hydrogens is 232 g/mol. The third-order valence-electron chi connectivity index (χ3n) is 3.43. The molecule has 1 aliphatic carbocycles. The minimum Gasteiger partial charge on any atom is -0.490 e. The van der Waals surface area contributed by atoms with E-state index in [2.05, 4.69) is 0 Å². The Bertz CT molecular complexity index is 448. The number of nitrogens with two attached hydrogens (primary N) is 1. The largest absolute Gasteiger partial charge is 0.490 e. The van der Waals surface area contributed by atoms with Crippen LogP contribution in [-0.4, -0.2) is 17.6 Å². The summed E-state index contributed by atoms with van der Waals surface area (Å²) in [4.78, 5) is 10.4. The van der Waals surface area contributed by atoms with Crippen molar-refractivity contribution in [1.29, 1.82) is 0 Å². The van der Waals surface area contributed by atoms with Gasteiger partial charge in [-0.3, -0.25) is 10.1 Å². The first-order valence-corrected chi connectivity index (χ1v) is 6.23. The van der Waals surface area contributed by atoms with Crippen LogP contribution in [0.2, 0.25) is 0 Å². The molecule has 1 aromatic carbocycles. The number of hydrogen-bond donors (Lipinski definition) is 1. The van der Waals surface area contributed by atoms with E-state index in [1.54, 1.807) is 6.07 Å². The van der Waals surface area contributed by atoms with E-state index in [4.69, 9.17) is 10.5 Å². The van der Waals surface area contributed by atoms with Crippen molar-refractivity contribution in [2.45, 2.75) is 32.3 Å². The maximum absolute atomic E-state index is 10.8. The molecule has 1 saturated carbocycles. The third kappa shape index (κ3) is 2.79. The summed E-state index contributed by atoms with van der Waals surface area (Å²) in [6.45, 7) is 2.44. The fraction of sp³-hybridized carbons (Fsp3) is 0.538. The second-order valence-electron chi connectivity index (χ2n) is 4.84. The van der Waals surface area contributed by atoms with E-state index in [1.807, 2.05) is 13.0 Å². The molecule has 0 amide bonds. The van der Waals surface area contributed by atoms with Crippen LogP contribution in [0.1, 0.15) is 24.8 Å². The fourth-order valence-electron chi connectivity index (χ4n) is 2.50. The zero-order valence-corrected chi connectivity index (χ0v) is 10.5. The molecule has 2 atom stereocenters. The Morgan fingerprint density at radius 3 is 2.89 bits per heavy atom. The van der Waals surface area contributed by atoms with E-state index in [9.17, 15) is 10.1 Å². The van der Waals surface area contributed by atoms with Crippen LogP contribution in [-0.2, 0) is 0 Å². The summed E-state index contributed by atoms with van der Waals surface area (Å²) >= 11 is 0. The van der Waals surface area contributed by atoms with Gasteiger partial charge in [-0.05, 0) is 44.4 Å². The molecule has 0 bridgehead atoms. The minimum absolute atomic E-state index is 0.0762. The predicted molar refractivity (Wildman–Crippen MR) is 68.6 cm³/mol. The number of non-ortho nitro benzene ring substituents is 1. The number of aryl methyl sites for hydroxylation is 1. The van der Waals surface area contributed by atoms with Gasteiger partial charge in [0.15, 0.2) is 0 Å². The summed E-state index contributed by atoms with van der Waals surface area (Å²) in [5, 5.41) is 10.8. The highest BCUT2D eigenvalue weighted by Gasteiger charge is 2.28. The van der Waals surface area contributed by atoms with Gasteiger partial charge in [-0.15, -0.1) is 0 Å². The van der Waals surface area contributed by atoms with Gasteiger partial charge in [-0.2, -0.15) is 0 Å². The van der Waals surface area contributed by atoms with Crippen LogP contribution in [0.5, 0.6) is 5.75 Å². The number of hydrogen-bond acceptors (Lipinski definition) is 4. The maximum Gasteiger partial charge on any atom is 0.273 e. The van der Waals surface area contributed by atoms with Crippen LogP contribution in [0, 0.1) is 23.0 Å². The number of nitro benzene ring substituents is 1. The molecule has 0 heterocycles. The molecule has 0 saturated heterocycles. The Hall–Kier alpha value is -1.62. The van der Waals surface area contributed by atoms with Gasteiger partial charge in [0.25, 0.3) is 5.69 Å². The average Bonchev–Trinajstić information content (AvgIpc) is 2.75.